The van der Waals surface area contributed by atoms with Crippen molar-refractivity contribution in [3.63, 3.8) is 0 Å². The Kier molecular flexibility index (Phi) is 3.23. The van der Waals surface area contributed by atoms with E-state index in [1.54, 1.807) is 18.2 Å². The van der Waals surface area contributed by atoms with E-state index < -0.39 is 0 Å². The van der Waals surface area contributed by atoms with Crippen molar-refractivity contribution in [3.05, 3.63) is 39.8 Å². The number of carbonyl (C=O) groups is 2. The van der Waals surface area contributed by atoms with Crippen molar-refractivity contribution in [2.45, 2.75) is 12.8 Å². The Labute approximate surface area is 124 Å². The molecule has 2 atom stereocenters. The monoisotopic (exact) mass is 339 g/mol. The first-order valence-electron chi connectivity index (χ1n) is 6.08. The summed E-state index contributed by atoms with van der Waals surface area (Å²) in [7, 11) is 0. The van der Waals surface area contributed by atoms with Crippen molar-refractivity contribution in [2.24, 2.45) is 11.8 Å². The number of hydrogen-bond acceptors (Lipinski definition) is 2. The zero-order chi connectivity index (χ0) is 13.6. The minimum absolute atomic E-state index is 0.123. The van der Waals surface area contributed by atoms with E-state index in [1.807, 2.05) is 12.2 Å². The van der Waals surface area contributed by atoms with Crippen molar-refractivity contribution in [2.75, 3.05) is 4.90 Å². The van der Waals surface area contributed by atoms with Crippen LogP contribution in [0.1, 0.15) is 12.8 Å². The van der Waals surface area contributed by atoms with Gasteiger partial charge in [-0.1, -0.05) is 29.8 Å². The first-order valence-corrected chi connectivity index (χ1v) is 7.25. The van der Waals surface area contributed by atoms with E-state index in [0.29, 0.717) is 28.0 Å². The Balaban J connectivity index is 2.04. The average Bonchev–Trinajstić information content (AvgIpc) is 2.67. The van der Waals surface area contributed by atoms with E-state index in [4.69, 9.17) is 11.6 Å². The maximum atomic E-state index is 12.4. The molecule has 98 valence electrons. The third-order valence-corrected chi connectivity index (χ3v) is 5.06. The van der Waals surface area contributed by atoms with Gasteiger partial charge in [0.2, 0.25) is 11.8 Å². The summed E-state index contributed by atoms with van der Waals surface area (Å²) in [6.07, 6.45) is 5.24. The average molecular weight is 341 g/mol. The van der Waals surface area contributed by atoms with Gasteiger partial charge in [-0.25, -0.2) is 4.90 Å². The number of carbonyl (C=O) groups excluding carboxylic acids is 2. The molecule has 0 bridgehead atoms. The van der Waals surface area contributed by atoms with E-state index in [9.17, 15) is 9.59 Å². The van der Waals surface area contributed by atoms with Crippen LogP contribution in [0, 0.1) is 11.8 Å². The molecule has 1 heterocycles. The van der Waals surface area contributed by atoms with Gasteiger partial charge in [0, 0.05) is 0 Å². The second-order valence-corrected chi connectivity index (χ2v) is 5.94. The lowest BCUT2D eigenvalue weighted by atomic mass is 9.85. The van der Waals surface area contributed by atoms with Gasteiger partial charge >= 0.3 is 0 Å². The Bertz CT molecular complexity index is 573. The lowest BCUT2D eigenvalue weighted by molar-refractivity contribution is -0.122. The van der Waals surface area contributed by atoms with Crippen LogP contribution in [0.25, 0.3) is 0 Å². The highest BCUT2D eigenvalue weighted by Gasteiger charge is 2.48. The van der Waals surface area contributed by atoms with Crippen molar-refractivity contribution >= 4 is 45.0 Å². The molecule has 3 rings (SSSR count). The smallest absolute Gasteiger partial charge is 0.238 e. The second kappa shape index (κ2) is 4.76. The first-order chi connectivity index (χ1) is 9.11. The summed E-state index contributed by atoms with van der Waals surface area (Å²) in [5.74, 6) is -0.684. The van der Waals surface area contributed by atoms with E-state index in [-0.39, 0.29) is 23.7 Å². The fourth-order valence-corrected chi connectivity index (χ4v) is 3.31. The largest absolute Gasteiger partial charge is 0.274 e. The Morgan fingerprint density at radius 1 is 1.11 bits per heavy atom. The van der Waals surface area contributed by atoms with Crippen LogP contribution < -0.4 is 4.90 Å². The van der Waals surface area contributed by atoms with Crippen molar-refractivity contribution in [3.8, 4) is 0 Å². The summed E-state index contributed by atoms with van der Waals surface area (Å²) in [6, 6.07) is 5.19. The lowest BCUT2D eigenvalue weighted by Crippen LogP contribution is -2.31. The number of amides is 2. The molecule has 0 aromatic heterocycles. The minimum Gasteiger partial charge on any atom is -0.274 e. The third-order valence-electron chi connectivity index (χ3n) is 3.68. The normalized spacial score (nSPS) is 25.9. The maximum absolute atomic E-state index is 12.4. The highest BCUT2D eigenvalue weighted by molar-refractivity contribution is 9.10. The first kappa shape index (κ1) is 12.9. The molecule has 0 radical (unpaired) electrons. The van der Waals surface area contributed by atoms with Crippen LogP contribution in [0.3, 0.4) is 0 Å². The van der Waals surface area contributed by atoms with E-state index in [1.165, 1.54) is 4.90 Å². The molecule has 0 saturated carbocycles. The van der Waals surface area contributed by atoms with Crippen LogP contribution in [0.5, 0.6) is 0 Å². The predicted molar refractivity (Wildman–Crippen MR) is 77.0 cm³/mol. The molecule has 1 aromatic carbocycles. The number of imide groups is 1. The molecular weight excluding hydrogens is 330 g/mol. The van der Waals surface area contributed by atoms with Gasteiger partial charge < -0.3 is 0 Å². The molecule has 1 aliphatic heterocycles. The van der Waals surface area contributed by atoms with Gasteiger partial charge in [0.15, 0.2) is 0 Å². The molecule has 0 unspecified atom stereocenters. The summed E-state index contributed by atoms with van der Waals surface area (Å²) in [4.78, 5) is 26.1. The number of rotatable bonds is 1. The molecule has 19 heavy (non-hydrogen) atoms. The standard InChI is InChI=1S/C14H11BrClNO2/c15-12-10(16)6-3-7-11(12)17-13(18)8-4-1-2-5-9(8)14(17)19/h1-3,6-9H,4-5H2/t8-,9+. The summed E-state index contributed by atoms with van der Waals surface area (Å²) < 4.78 is 0.588. The second-order valence-electron chi connectivity index (χ2n) is 4.74. The molecule has 2 aliphatic rings. The number of allylic oxidation sites excluding steroid dienone is 2. The fourth-order valence-electron chi connectivity index (χ4n) is 2.70. The van der Waals surface area contributed by atoms with Gasteiger partial charge in [-0.05, 0) is 40.9 Å². The van der Waals surface area contributed by atoms with Gasteiger partial charge in [0.25, 0.3) is 0 Å². The van der Waals surface area contributed by atoms with Gasteiger partial charge in [-0.2, -0.15) is 0 Å². The van der Waals surface area contributed by atoms with Crippen molar-refractivity contribution in [1.29, 1.82) is 0 Å². The highest BCUT2D eigenvalue weighted by Crippen LogP contribution is 2.41. The minimum atomic E-state index is -0.219. The molecular formula is C14H11BrClNO2. The number of halogens is 2. The SMILES string of the molecule is O=C1[C@H]2CC=CC[C@H]2C(=O)N1c1cccc(Cl)c1Br. The maximum Gasteiger partial charge on any atom is 0.238 e. The summed E-state index contributed by atoms with van der Waals surface area (Å²) in [5.41, 5.74) is 0.539. The molecule has 1 fully saturated rings. The van der Waals surface area contributed by atoms with E-state index in [0.717, 1.165) is 0 Å². The topological polar surface area (TPSA) is 37.4 Å². The van der Waals surface area contributed by atoms with Gasteiger partial charge in [-0.15, -0.1) is 0 Å². The van der Waals surface area contributed by atoms with Crippen LogP contribution in [0.2, 0.25) is 5.02 Å². The molecule has 1 aliphatic carbocycles. The van der Waals surface area contributed by atoms with Crippen LogP contribution in [0.15, 0.2) is 34.8 Å². The van der Waals surface area contributed by atoms with Crippen LogP contribution >= 0.6 is 27.5 Å². The van der Waals surface area contributed by atoms with Gasteiger partial charge in [0.1, 0.15) is 0 Å². The van der Waals surface area contributed by atoms with Crippen LogP contribution in [-0.2, 0) is 9.59 Å². The predicted octanol–water partition coefficient (Wildman–Crippen LogP) is 3.56. The molecule has 1 saturated heterocycles. The number of nitrogens with zero attached hydrogens (tertiary/aromatic N) is 1. The summed E-state index contributed by atoms with van der Waals surface area (Å²) >= 11 is 9.38. The zero-order valence-corrected chi connectivity index (χ0v) is 12.3. The molecule has 0 N–H and O–H groups in total. The number of anilines is 1. The Hall–Kier alpha value is -1.13. The highest BCUT2D eigenvalue weighted by atomic mass is 79.9. The molecule has 3 nitrogen and oxygen atoms in total. The number of hydrogen-bond donors (Lipinski definition) is 0. The Morgan fingerprint density at radius 3 is 2.26 bits per heavy atom. The Morgan fingerprint density at radius 2 is 1.68 bits per heavy atom. The molecule has 1 aromatic rings. The van der Waals surface area contributed by atoms with Crippen molar-refractivity contribution < 1.29 is 9.59 Å². The third kappa shape index (κ3) is 1.94. The van der Waals surface area contributed by atoms with Crippen LogP contribution in [-0.4, -0.2) is 11.8 Å². The zero-order valence-electron chi connectivity index (χ0n) is 9.98. The summed E-state index contributed by atoms with van der Waals surface area (Å²) in [5, 5.41) is 0.492. The quantitative estimate of drug-likeness (QED) is 0.579. The number of fused-ring (bicyclic) bond motifs is 1. The molecule has 5 heteroatoms. The molecule has 0 spiro atoms. The lowest BCUT2D eigenvalue weighted by Gasteiger charge is -2.17. The van der Waals surface area contributed by atoms with Crippen molar-refractivity contribution in [1.82, 2.24) is 0 Å². The van der Waals surface area contributed by atoms with E-state index in [2.05, 4.69) is 15.9 Å². The summed E-state index contributed by atoms with van der Waals surface area (Å²) in [6.45, 7) is 0. The van der Waals surface area contributed by atoms with E-state index >= 15 is 0 Å². The van der Waals surface area contributed by atoms with Crippen LogP contribution in [0.4, 0.5) is 5.69 Å². The van der Waals surface area contributed by atoms with Gasteiger partial charge in [-0.3, -0.25) is 9.59 Å². The number of benzene rings is 1. The van der Waals surface area contributed by atoms with Gasteiger partial charge in [0.05, 0.1) is 27.0 Å². The fraction of sp³-hybridized carbons (Fsp3) is 0.286. The molecule has 2 amide bonds.